The average molecular weight is 167 g/mol. The van der Waals surface area contributed by atoms with Crippen molar-refractivity contribution in [2.24, 2.45) is 0 Å². The van der Waals surface area contributed by atoms with Crippen LogP contribution in [0.1, 0.15) is 16.7 Å². The second-order valence-corrected chi connectivity index (χ2v) is 3.01. The van der Waals surface area contributed by atoms with Crippen LogP contribution in [0.15, 0.2) is 18.2 Å². The first-order chi connectivity index (χ1) is 5.25. The lowest BCUT2D eigenvalue weighted by molar-refractivity contribution is 0.966. The minimum Gasteiger partial charge on any atom is -0.262 e. The molecule has 0 aliphatic rings. The SMILES string of the molecule is Cc1cccc(CNS)c1C. The first-order valence-electron chi connectivity index (χ1n) is 3.67. The standard InChI is InChI=1S/C9H13NS/c1-7-4-3-5-9(6-10-11)8(7)2/h3-5,10-11H,6H2,1-2H3. The molecular weight excluding hydrogens is 154 g/mol. The zero-order chi connectivity index (χ0) is 8.27. The topological polar surface area (TPSA) is 12.0 Å². The number of benzene rings is 1. The molecule has 1 N–H and O–H groups in total. The maximum atomic E-state index is 3.96. The third-order valence-corrected chi connectivity index (χ3v) is 2.14. The summed E-state index contributed by atoms with van der Waals surface area (Å²) >= 11 is 3.96. The third-order valence-electron chi connectivity index (χ3n) is 1.99. The normalized spacial score (nSPS) is 10.1. The van der Waals surface area contributed by atoms with Crippen molar-refractivity contribution in [3.8, 4) is 0 Å². The molecule has 0 bridgehead atoms. The molecule has 0 aliphatic carbocycles. The van der Waals surface area contributed by atoms with E-state index in [9.17, 15) is 0 Å². The van der Waals surface area contributed by atoms with Crippen LogP contribution in [-0.2, 0) is 6.54 Å². The summed E-state index contributed by atoms with van der Waals surface area (Å²) in [6, 6.07) is 6.31. The fourth-order valence-corrected chi connectivity index (χ4v) is 1.26. The van der Waals surface area contributed by atoms with Crippen molar-refractivity contribution in [3.05, 3.63) is 34.9 Å². The van der Waals surface area contributed by atoms with E-state index in [-0.39, 0.29) is 0 Å². The van der Waals surface area contributed by atoms with Gasteiger partial charge in [0.25, 0.3) is 0 Å². The predicted molar refractivity (Wildman–Crippen MR) is 51.7 cm³/mol. The fraction of sp³-hybridized carbons (Fsp3) is 0.333. The Bertz CT molecular complexity index is 245. The van der Waals surface area contributed by atoms with Crippen LogP contribution in [-0.4, -0.2) is 0 Å². The molecular formula is C9H13NS. The molecule has 1 nitrogen and oxygen atoms in total. The summed E-state index contributed by atoms with van der Waals surface area (Å²) in [4.78, 5) is 0. The second kappa shape index (κ2) is 3.79. The Morgan fingerprint density at radius 2 is 2.09 bits per heavy atom. The van der Waals surface area contributed by atoms with Crippen LogP contribution in [0.3, 0.4) is 0 Å². The molecule has 60 valence electrons. The summed E-state index contributed by atoms with van der Waals surface area (Å²) in [5, 5.41) is 0. The van der Waals surface area contributed by atoms with Crippen LogP contribution >= 0.6 is 12.8 Å². The molecule has 0 aromatic heterocycles. The van der Waals surface area contributed by atoms with Gasteiger partial charge in [0.05, 0.1) is 0 Å². The lowest BCUT2D eigenvalue weighted by Crippen LogP contribution is -2.01. The minimum atomic E-state index is 0.830. The molecule has 0 heterocycles. The molecule has 11 heavy (non-hydrogen) atoms. The van der Waals surface area contributed by atoms with Crippen molar-refractivity contribution in [3.63, 3.8) is 0 Å². The minimum absolute atomic E-state index is 0.830. The maximum Gasteiger partial charge on any atom is 0.0310 e. The molecule has 0 saturated heterocycles. The van der Waals surface area contributed by atoms with Crippen LogP contribution < -0.4 is 4.72 Å². The molecule has 2 heteroatoms. The lowest BCUT2D eigenvalue weighted by Gasteiger charge is -2.06. The Labute approximate surface area is 73.4 Å². The van der Waals surface area contributed by atoms with Gasteiger partial charge >= 0.3 is 0 Å². The number of hydrogen-bond donors (Lipinski definition) is 2. The van der Waals surface area contributed by atoms with Gasteiger partial charge in [0.15, 0.2) is 0 Å². The molecule has 0 aliphatic heterocycles. The molecule has 0 saturated carbocycles. The van der Waals surface area contributed by atoms with Gasteiger partial charge in [0, 0.05) is 6.54 Å². The van der Waals surface area contributed by atoms with E-state index in [0.717, 1.165) is 6.54 Å². The number of nitrogens with one attached hydrogen (secondary N) is 1. The number of hydrogen-bond acceptors (Lipinski definition) is 2. The summed E-state index contributed by atoms with van der Waals surface area (Å²) in [6.07, 6.45) is 0. The monoisotopic (exact) mass is 167 g/mol. The molecule has 0 spiro atoms. The van der Waals surface area contributed by atoms with Gasteiger partial charge in [-0.15, -0.1) is 0 Å². The van der Waals surface area contributed by atoms with E-state index in [1.165, 1.54) is 16.7 Å². The van der Waals surface area contributed by atoms with Gasteiger partial charge in [-0.1, -0.05) is 31.0 Å². The first kappa shape index (κ1) is 8.62. The van der Waals surface area contributed by atoms with E-state index in [4.69, 9.17) is 0 Å². The highest BCUT2D eigenvalue weighted by atomic mass is 32.1. The molecule has 0 fully saturated rings. The molecule has 0 amide bonds. The Morgan fingerprint density at radius 3 is 2.73 bits per heavy atom. The Hall–Kier alpha value is -0.470. The van der Waals surface area contributed by atoms with Gasteiger partial charge in [-0.25, -0.2) is 0 Å². The van der Waals surface area contributed by atoms with E-state index < -0.39 is 0 Å². The largest absolute Gasteiger partial charge is 0.262 e. The predicted octanol–water partition coefficient (Wildman–Crippen LogP) is 2.24. The molecule has 0 unspecified atom stereocenters. The van der Waals surface area contributed by atoms with Crippen molar-refractivity contribution in [2.45, 2.75) is 20.4 Å². The van der Waals surface area contributed by atoms with Crippen LogP contribution in [0.5, 0.6) is 0 Å². The van der Waals surface area contributed by atoms with Crippen molar-refractivity contribution < 1.29 is 0 Å². The Morgan fingerprint density at radius 1 is 1.36 bits per heavy atom. The van der Waals surface area contributed by atoms with E-state index in [1.54, 1.807) is 0 Å². The van der Waals surface area contributed by atoms with Crippen LogP contribution in [0.25, 0.3) is 0 Å². The number of aryl methyl sites for hydroxylation is 1. The summed E-state index contributed by atoms with van der Waals surface area (Å²) in [5.41, 5.74) is 4.01. The van der Waals surface area contributed by atoms with E-state index in [0.29, 0.717) is 0 Å². The van der Waals surface area contributed by atoms with E-state index in [2.05, 4.69) is 49.6 Å². The Balaban J connectivity index is 2.96. The third kappa shape index (κ3) is 1.98. The summed E-state index contributed by atoms with van der Waals surface area (Å²) in [5.74, 6) is 0. The van der Waals surface area contributed by atoms with Gasteiger partial charge in [0.2, 0.25) is 0 Å². The highest BCUT2D eigenvalue weighted by molar-refractivity contribution is 7.78. The Kier molecular flexibility index (Phi) is 2.97. The first-order valence-corrected chi connectivity index (χ1v) is 4.12. The summed E-state index contributed by atoms with van der Waals surface area (Å²) in [6.45, 7) is 5.09. The molecule has 1 aromatic rings. The molecule has 0 atom stereocenters. The van der Waals surface area contributed by atoms with Gasteiger partial charge in [-0.2, -0.15) is 0 Å². The number of thiol groups is 1. The maximum absolute atomic E-state index is 3.96. The van der Waals surface area contributed by atoms with E-state index in [1.807, 2.05) is 0 Å². The quantitative estimate of drug-likeness (QED) is 0.644. The fourth-order valence-electron chi connectivity index (χ4n) is 1.09. The van der Waals surface area contributed by atoms with E-state index >= 15 is 0 Å². The lowest BCUT2D eigenvalue weighted by atomic mass is 10.0. The van der Waals surface area contributed by atoms with Crippen LogP contribution in [0.4, 0.5) is 0 Å². The van der Waals surface area contributed by atoms with Crippen molar-refractivity contribution >= 4 is 12.8 Å². The van der Waals surface area contributed by atoms with Crippen molar-refractivity contribution in [1.82, 2.24) is 4.72 Å². The van der Waals surface area contributed by atoms with Crippen LogP contribution in [0, 0.1) is 13.8 Å². The summed E-state index contributed by atoms with van der Waals surface area (Å²) < 4.78 is 2.85. The molecule has 0 radical (unpaired) electrons. The molecule has 1 aromatic carbocycles. The molecule has 1 rings (SSSR count). The smallest absolute Gasteiger partial charge is 0.0310 e. The zero-order valence-electron chi connectivity index (χ0n) is 6.89. The van der Waals surface area contributed by atoms with Gasteiger partial charge in [0.1, 0.15) is 0 Å². The van der Waals surface area contributed by atoms with Crippen molar-refractivity contribution in [2.75, 3.05) is 0 Å². The highest BCUT2D eigenvalue weighted by Crippen LogP contribution is 2.11. The second-order valence-electron chi connectivity index (χ2n) is 2.69. The van der Waals surface area contributed by atoms with Crippen LogP contribution in [0.2, 0.25) is 0 Å². The van der Waals surface area contributed by atoms with Gasteiger partial charge in [-0.3, -0.25) is 4.72 Å². The zero-order valence-corrected chi connectivity index (χ0v) is 7.78. The highest BCUT2D eigenvalue weighted by Gasteiger charge is 1.97. The van der Waals surface area contributed by atoms with Crippen molar-refractivity contribution in [1.29, 1.82) is 0 Å². The average Bonchev–Trinajstić information content (AvgIpc) is 1.99. The number of rotatable bonds is 2. The summed E-state index contributed by atoms with van der Waals surface area (Å²) in [7, 11) is 0. The van der Waals surface area contributed by atoms with Gasteiger partial charge < -0.3 is 0 Å². The van der Waals surface area contributed by atoms with Gasteiger partial charge in [-0.05, 0) is 30.5 Å².